The fourth-order valence-corrected chi connectivity index (χ4v) is 4.23. The van der Waals surface area contributed by atoms with Crippen LogP contribution in [0.25, 0.3) is 0 Å². The van der Waals surface area contributed by atoms with E-state index in [-0.39, 0.29) is 24.4 Å². The van der Waals surface area contributed by atoms with Crippen LogP contribution in [-0.2, 0) is 10.3 Å². The van der Waals surface area contributed by atoms with Crippen molar-refractivity contribution in [2.45, 2.75) is 58.0 Å². The largest absolute Gasteiger partial charge is 0.337 e. The zero-order chi connectivity index (χ0) is 16.0. The number of rotatable bonds is 2. The van der Waals surface area contributed by atoms with Crippen molar-refractivity contribution in [2.24, 2.45) is 11.1 Å². The molecule has 2 aliphatic rings. The summed E-state index contributed by atoms with van der Waals surface area (Å²) in [4.78, 5) is 19.0. The summed E-state index contributed by atoms with van der Waals surface area (Å²) in [6, 6.07) is -0.136. The highest BCUT2D eigenvalue weighted by atomic mass is 35.5. The third-order valence-corrected chi connectivity index (χ3v) is 5.46. The molecule has 1 aliphatic heterocycles. The van der Waals surface area contributed by atoms with Gasteiger partial charge in [-0.25, -0.2) is 0 Å². The average Bonchev–Trinajstić information content (AvgIpc) is 3.16. The van der Waals surface area contributed by atoms with Gasteiger partial charge in [-0.3, -0.25) is 4.79 Å². The summed E-state index contributed by atoms with van der Waals surface area (Å²) in [7, 11) is 0. The predicted molar refractivity (Wildman–Crippen MR) is 92.2 cm³/mol. The van der Waals surface area contributed by atoms with Crippen molar-refractivity contribution in [3.05, 3.63) is 11.7 Å². The Morgan fingerprint density at radius 2 is 2.04 bits per heavy atom. The molecule has 1 saturated heterocycles. The molecular formula is C15H25ClN4O2S. The van der Waals surface area contributed by atoms with Gasteiger partial charge in [-0.05, 0) is 12.8 Å². The van der Waals surface area contributed by atoms with Crippen LogP contribution in [0.15, 0.2) is 4.52 Å². The van der Waals surface area contributed by atoms with Crippen molar-refractivity contribution >= 4 is 30.1 Å². The number of nitrogens with zero attached hydrogens (tertiary/aromatic N) is 3. The van der Waals surface area contributed by atoms with Gasteiger partial charge < -0.3 is 15.2 Å². The number of carbonyl (C=O) groups is 1. The van der Waals surface area contributed by atoms with Gasteiger partial charge in [0.25, 0.3) is 0 Å². The van der Waals surface area contributed by atoms with Crippen LogP contribution in [0, 0.1) is 5.41 Å². The SMILES string of the molecule is CC(C)(C)C(=O)N1CSCC1c1nc(C2(N)CCCC2)no1.Cl. The Kier molecular flexibility index (Phi) is 5.33. The van der Waals surface area contributed by atoms with E-state index in [1.165, 1.54) is 0 Å². The second-order valence-electron chi connectivity index (χ2n) is 7.36. The summed E-state index contributed by atoms with van der Waals surface area (Å²) in [6.45, 7) is 5.80. The lowest BCUT2D eigenvalue weighted by Crippen LogP contribution is -2.39. The molecule has 2 fully saturated rings. The summed E-state index contributed by atoms with van der Waals surface area (Å²) >= 11 is 1.72. The van der Waals surface area contributed by atoms with Crippen LogP contribution in [-0.4, -0.2) is 32.6 Å². The number of carbonyl (C=O) groups excluding carboxylic acids is 1. The molecule has 2 N–H and O–H groups in total. The summed E-state index contributed by atoms with van der Waals surface area (Å²) in [5.41, 5.74) is 5.52. The lowest BCUT2D eigenvalue weighted by molar-refractivity contribution is -0.140. The van der Waals surface area contributed by atoms with Crippen LogP contribution in [0.2, 0.25) is 0 Å². The molecule has 8 heteroatoms. The summed E-state index contributed by atoms with van der Waals surface area (Å²) in [5.74, 6) is 2.70. The van der Waals surface area contributed by atoms with E-state index in [4.69, 9.17) is 10.3 Å². The number of thioether (sulfide) groups is 1. The molecule has 1 atom stereocenters. The van der Waals surface area contributed by atoms with Gasteiger partial charge in [-0.2, -0.15) is 4.98 Å². The van der Waals surface area contributed by atoms with Crippen LogP contribution in [0.1, 0.15) is 64.2 Å². The van der Waals surface area contributed by atoms with Crippen molar-refractivity contribution in [2.75, 3.05) is 11.6 Å². The minimum atomic E-state index is -0.452. The third-order valence-electron chi connectivity index (χ3n) is 4.45. The number of amides is 1. The lowest BCUT2D eigenvalue weighted by atomic mass is 9.94. The fraction of sp³-hybridized carbons (Fsp3) is 0.800. The zero-order valence-corrected chi connectivity index (χ0v) is 15.5. The smallest absolute Gasteiger partial charge is 0.250 e. The molecule has 23 heavy (non-hydrogen) atoms. The van der Waals surface area contributed by atoms with Gasteiger partial charge in [0.15, 0.2) is 5.82 Å². The van der Waals surface area contributed by atoms with E-state index < -0.39 is 11.0 Å². The molecule has 1 saturated carbocycles. The number of nitrogens with two attached hydrogens (primary N) is 1. The summed E-state index contributed by atoms with van der Waals surface area (Å²) < 4.78 is 5.47. The standard InChI is InChI=1S/C15H24N4O2S.ClH/c1-14(2,3)13(20)19-9-22-8-10(19)11-17-12(18-21-11)15(16)6-4-5-7-15;/h10H,4-9,16H2,1-3H3;1H. The van der Waals surface area contributed by atoms with Crippen molar-refractivity contribution in [3.63, 3.8) is 0 Å². The van der Waals surface area contributed by atoms with E-state index >= 15 is 0 Å². The topological polar surface area (TPSA) is 85.2 Å². The Balaban J connectivity index is 0.00000192. The maximum Gasteiger partial charge on any atom is 0.250 e. The minimum Gasteiger partial charge on any atom is -0.337 e. The number of halogens is 1. The Bertz CT molecular complexity index is 566. The molecule has 0 aromatic carbocycles. The first-order valence-corrected chi connectivity index (χ1v) is 8.98. The second kappa shape index (κ2) is 6.61. The van der Waals surface area contributed by atoms with E-state index in [0.29, 0.717) is 17.6 Å². The molecule has 1 unspecified atom stereocenters. The van der Waals surface area contributed by atoms with Gasteiger partial charge in [-0.15, -0.1) is 24.2 Å². The molecule has 1 aromatic heterocycles. The van der Waals surface area contributed by atoms with Crippen LogP contribution in [0.3, 0.4) is 0 Å². The highest BCUT2D eigenvalue weighted by Crippen LogP contribution is 2.38. The van der Waals surface area contributed by atoms with Crippen LogP contribution < -0.4 is 5.73 Å². The first-order valence-electron chi connectivity index (χ1n) is 7.83. The summed E-state index contributed by atoms with van der Waals surface area (Å²) in [5, 5.41) is 4.11. The van der Waals surface area contributed by atoms with Crippen LogP contribution in [0.5, 0.6) is 0 Å². The molecule has 0 radical (unpaired) electrons. The van der Waals surface area contributed by atoms with Gasteiger partial charge in [0.05, 0.1) is 11.4 Å². The van der Waals surface area contributed by atoms with Crippen molar-refractivity contribution in [1.82, 2.24) is 15.0 Å². The molecule has 2 heterocycles. The van der Waals surface area contributed by atoms with Crippen LogP contribution in [0.4, 0.5) is 0 Å². The Morgan fingerprint density at radius 1 is 1.39 bits per heavy atom. The van der Waals surface area contributed by atoms with Gasteiger partial charge >= 0.3 is 0 Å². The fourth-order valence-electron chi connectivity index (χ4n) is 3.08. The van der Waals surface area contributed by atoms with E-state index in [1.54, 1.807) is 11.8 Å². The molecule has 1 aliphatic carbocycles. The van der Waals surface area contributed by atoms with E-state index in [0.717, 1.165) is 31.4 Å². The molecule has 0 bridgehead atoms. The second-order valence-corrected chi connectivity index (χ2v) is 8.36. The highest BCUT2D eigenvalue weighted by Gasteiger charge is 2.41. The van der Waals surface area contributed by atoms with Gasteiger partial charge in [0.1, 0.15) is 6.04 Å². The van der Waals surface area contributed by atoms with Gasteiger partial charge in [-0.1, -0.05) is 38.8 Å². The van der Waals surface area contributed by atoms with Crippen molar-refractivity contribution in [1.29, 1.82) is 0 Å². The third kappa shape index (κ3) is 3.51. The van der Waals surface area contributed by atoms with Crippen molar-refractivity contribution in [3.8, 4) is 0 Å². The maximum absolute atomic E-state index is 12.6. The Labute approximate surface area is 147 Å². The first-order chi connectivity index (χ1) is 10.3. The monoisotopic (exact) mass is 360 g/mol. The molecular weight excluding hydrogens is 336 g/mol. The van der Waals surface area contributed by atoms with E-state index in [2.05, 4.69) is 10.1 Å². The van der Waals surface area contributed by atoms with Gasteiger partial charge in [0.2, 0.25) is 11.8 Å². The molecule has 130 valence electrons. The maximum atomic E-state index is 12.6. The van der Waals surface area contributed by atoms with E-state index in [1.807, 2.05) is 25.7 Å². The quantitative estimate of drug-likeness (QED) is 0.872. The predicted octanol–water partition coefficient (Wildman–Crippen LogP) is 2.84. The Morgan fingerprint density at radius 3 is 2.65 bits per heavy atom. The van der Waals surface area contributed by atoms with Crippen molar-refractivity contribution < 1.29 is 9.32 Å². The highest BCUT2D eigenvalue weighted by molar-refractivity contribution is 7.99. The zero-order valence-electron chi connectivity index (χ0n) is 13.9. The molecule has 1 amide bonds. The molecule has 3 rings (SSSR count). The number of hydrogen-bond donors (Lipinski definition) is 1. The number of hydrogen-bond acceptors (Lipinski definition) is 6. The molecule has 6 nitrogen and oxygen atoms in total. The molecule has 0 spiro atoms. The number of aromatic nitrogens is 2. The minimum absolute atomic E-state index is 0. The normalized spacial score (nSPS) is 23.8. The van der Waals surface area contributed by atoms with Crippen LogP contribution >= 0.6 is 24.2 Å². The van der Waals surface area contributed by atoms with Gasteiger partial charge in [0, 0.05) is 11.2 Å². The lowest BCUT2D eigenvalue weighted by Gasteiger charge is -2.28. The van der Waals surface area contributed by atoms with E-state index in [9.17, 15) is 4.79 Å². The first kappa shape index (κ1) is 18.5. The molecule has 1 aromatic rings. The Hall–Kier alpha value is -0.790. The summed E-state index contributed by atoms with van der Waals surface area (Å²) in [6.07, 6.45) is 4.01. The average molecular weight is 361 g/mol.